The number of para-hydroxylation sites is 3. The van der Waals surface area contributed by atoms with Crippen molar-refractivity contribution in [1.82, 2.24) is 4.90 Å². The lowest BCUT2D eigenvalue weighted by Gasteiger charge is -2.43. The fraction of sp³-hybridized carbons (Fsp3) is 0.300. The Hall–Kier alpha value is -3.97. The van der Waals surface area contributed by atoms with Gasteiger partial charge in [-0.3, -0.25) is 19.3 Å². The molecular formula is C30H27N3O4. The van der Waals surface area contributed by atoms with Gasteiger partial charge in [-0.05, 0) is 56.1 Å². The van der Waals surface area contributed by atoms with Crippen LogP contribution in [0.1, 0.15) is 41.3 Å². The second-order valence-corrected chi connectivity index (χ2v) is 10.2. The molecule has 3 aromatic carbocycles. The first-order valence-electron chi connectivity index (χ1n) is 12.9. The van der Waals surface area contributed by atoms with Crippen LogP contribution in [0.3, 0.4) is 0 Å². The summed E-state index contributed by atoms with van der Waals surface area (Å²) in [4.78, 5) is 45.7. The average molecular weight is 494 g/mol. The number of rotatable bonds is 4. The number of fused-ring (bicyclic) bond motifs is 7. The Morgan fingerprint density at radius 2 is 1.57 bits per heavy atom. The average Bonchev–Trinajstić information content (AvgIpc) is 3.63. The van der Waals surface area contributed by atoms with Crippen LogP contribution in [-0.2, 0) is 20.5 Å². The molecule has 3 aromatic rings. The number of ether oxygens (including phenoxy) is 1. The lowest BCUT2D eigenvalue weighted by molar-refractivity contribution is -0.137. The van der Waals surface area contributed by atoms with Gasteiger partial charge in [-0.2, -0.15) is 0 Å². The maximum Gasteiger partial charge on any atom is 0.251 e. The van der Waals surface area contributed by atoms with Crippen molar-refractivity contribution in [2.75, 3.05) is 23.8 Å². The zero-order chi connectivity index (χ0) is 25.4. The van der Waals surface area contributed by atoms with Gasteiger partial charge in [0.2, 0.25) is 5.91 Å². The third-order valence-corrected chi connectivity index (χ3v) is 8.74. The molecule has 2 fully saturated rings. The Labute approximate surface area is 214 Å². The molecule has 4 aliphatic rings. The molecule has 0 aliphatic carbocycles. The van der Waals surface area contributed by atoms with Crippen molar-refractivity contribution >= 4 is 29.0 Å². The van der Waals surface area contributed by atoms with Gasteiger partial charge in [0.15, 0.2) is 5.78 Å². The van der Waals surface area contributed by atoms with Crippen LogP contribution in [0.15, 0.2) is 72.8 Å². The standard InChI is InChI=1S/C30H27N3O4/c1-2-37-24-16-8-3-10-18(24)26(34)25-23-15-9-17-33(23)30(20-12-5-7-14-22(20)32-28(30)36)29(25)19-11-4-6-13-21(19)31-27(29)35/h3-8,10-14,16,23,25H,2,9,15,17H2,1H3,(H,31,35)(H,32,36)/t23-,25-,29+,30+/m1/s1. The van der Waals surface area contributed by atoms with E-state index < -0.39 is 16.9 Å². The molecule has 7 heteroatoms. The maximum absolute atomic E-state index is 14.7. The summed E-state index contributed by atoms with van der Waals surface area (Å²) in [6.45, 7) is 2.92. The molecule has 2 amide bonds. The number of Topliss-reactive ketones (excluding diaryl/α,β-unsaturated/α-hetero) is 1. The molecule has 0 aromatic heterocycles. The van der Waals surface area contributed by atoms with Gasteiger partial charge < -0.3 is 15.4 Å². The minimum absolute atomic E-state index is 0.165. The summed E-state index contributed by atoms with van der Waals surface area (Å²) in [7, 11) is 0. The van der Waals surface area contributed by atoms with E-state index in [2.05, 4.69) is 15.5 Å². The summed E-state index contributed by atoms with van der Waals surface area (Å²) in [5.41, 5.74) is 0.463. The van der Waals surface area contributed by atoms with E-state index in [4.69, 9.17) is 4.74 Å². The van der Waals surface area contributed by atoms with Crippen molar-refractivity contribution < 1.29 is 19.1 Å². The fourth-order valence-electron chi connectivity index (χ4n) is 7.65. The molecule has 37 heavy (non-hydrogen) atoms. The van der Waals surface area contributed by atoms with Crippen LogP contribution >= 0.6 is 0 Å². The van der Waals surface area contributed by atoms with E-state index in [1.54, 1.807) is 12.1 Å². The number of carbonyl (C=O) groups excluding carboxylic acids is 3. The Bertz CT molecular complexity index is 1480. The molecule has 4 atom stereocenters. The Morgan fingerprint density at radius 3 is 2.35 bits per heavy atom. The van der Waals surface area contributed by atoms with Crippen molar-refractivity contribution in [2.24, 2.45) is 5.92 Å². The van der Waals surface area contributed by atoms with E-state index in [0.717, 1.165) is 18.4 Å². The van der Waals surface area contributed by atoms with Crippen LogP contribution < -0.4 is 15.4 Å². The molecule has 7 rings (SSSR count). The van der Waals surface area contributed by atoms with Crippen molar-refractivity contribution in [3.63, 3.8) is 0 Å². The topological polar surface area (TPSA) is 87.7 Å². The first-order chi connectivity index (χ1) is 18.1. The molecule has 2 spiro atoms. The molecule has 7 nitrogen and oxygen atoms in total. The third kappa shape index (κ3) is 2.52. The monoisotopic (exact) mass is 493 g/mol. The molecule has 0 unspecified atom stereocenters. The number of benzene rings is 3. The van der Waals surface area contributed by atoms with E-state index in [1.807, 2.05) is 67.6 Å². The predicted octanol–water partition coefficient (Wildman–Crippen LogP) is 4.10. The number of nitrogens with zero attached hydrogens (tertiary/aromatic N) is 1. The molecule has 4 heterocycles. The highest BCUT2D eigenvalue weighted by Crippen LogP contribution is 2.67. The number of hydrogen-bond acceptors (Lipinski definition) is 5. The number of anilines is 2. The number of nitrogens with one attached hydrogen (secondary N) is 2. The number of carbonyl (C=O) groups is 3. The Morgan fingerprint density at radius 1 is 0.919 bits per heavy atom. The van der Waals surface area contributed by atoms with E-state index in [9.17, 15) is 14.4 Å². The molecule has 2 N–H and O–H groups in total. The number of amides is 2. The van der Waals surface area contributed by atoms with E-state index in [-0.39, 0.29) is 23.6 Å². The highest BCUT2D eigenvalue weighted by molar-refractivity contribution is 6.21. The lowest BCUT2D eigenvalue weighted by atomic mass is 9.57. The highest BCUT2D eigenvalue weighted by atomic mass is 16.5. The lowest BCUT2D eigenvalue weighted by Crippen LogP contribution is -2.62. The van der Waals surface area contributed by atoms with Gasteiger partial charge in [-0.25, -0.2) is 0 Å². The first-order valence-corrected chi connectivity index (χ1v) is 12.9. The van der Waals surface area contributed by atoms with Crippen LogP contribution in [0.25, 0.3) is 0 Å². The molecule has 186 valence electrons. The van der Waals surface area contributed by atoms with Gasteiger partial charge in [0.1, 0.15) is 16.7 Å². The molecular weight excluding hydrogens is 466 g/mol. The van der Waals surface area contributed by atoms with Crippen molar-refractivity contribution in [1.29, 1.82) is 0 Å². The third-order valence-electron chi connectivity index (χ3n) is 8.74. The van der Waals surface area contributed by atoms with Crippen molar-refractivity contribution in [2.45, 2.75) is 36.8 Å². The summed E-state index contributed by atoms with van der Waals surface area (Å²) >= 11 is 0. The van der Waals surface area contributed by atoms with Gasteiger partial charge in [-0.1, -0.05) is 48.5 Å². The molecule has 2 saturated heterocycles. The maximum atomic E-state index is 14.7. The second kappa shape index (κ2) is 7.76. The van der Waals surface area contributed by atoms with Gasteiger partial charge in [-0.15, -0.1) is 0 Å². The largest absolute Gasteiger partial charge is 0.493 e. The fourth-order valence-corrected chi connectivity index (χ4v) is 7.65. The summed E-state index contributed by atoms with van der Waals surface area (Å²) in [5.74, 6) is -0.999. The Balaban J connectivity index is 1.57. The first kappa shape index (κ1) is 22.2. The number of ketones is 1. The SMILES string of the molecule is CCOc1ccccc1C(=O)[C@H]1[C@H]2CCCN2[C@@]2(C(=O)Nc3ccccc32)[C@]12C(=O)Nc1ccccc12. The number of hydrogen-bond donors (Lipinski definition) is 2. The minimum atomic E-state index is -1.44. The zero-order valence-electron chi connectivity index (χ0n) is 20.5. The molecule has 0 bridgehead atoms. The normalized spacial score (nSPS) is 29.2. The molecule has 0 radical (unpaired) electrons. The predicted molar refractivity (Wildman–Crippen MR) is 139 cm³/mol. The van der Waals surface area contributed by atoms with Gasteiger partial charge >= 0.3 is 0 Å². The van der Waals surface area contributed by atoms with Crippen LogP contribution in [0, 0.1) is 5.92 Å². The quantitative estimate of drug-likeness (QED) is 0.535. The Kier molecular flexibility index (Phi) is 4.67. The van der Waals surface area contributed by atoms with Gasteiger partial charge in [0.05, 0.1) is 18.1 Å². The molecule has 0 saturated carbocycles. The highest BCUT2D eigenvalue weighted by Gasteiger charge is 2.81. The smallest absolute Gasteiger partial charge is 0.251 e. The zero-order valence-corrected chi connectivity index (χ0v) is 20.5. The van der Waals surface area contributed by atoms with Gasteiger partial charge in [0, 0.05) is 23.0 Å². The summed E-state index contributed by atoms with van der Waals surface area (Å²) in [6.07, 6.45) is 1.57. The summed E-state index contributed by atoms with van der Waals surface area (Å²) < 4.78 is 5.86. The van der Waals surface area contributed by atoms with E-state index in [1.165, 1.54) is 0 Å². The van der Waals surface area contributed by atoms with Crippen LogP contribution in [0.4, 0.5) is 11.4 Å². The van der Waals surface area contributed by atoms with E-state index >= 15 is 0 Å². The summed E-state index contributed by atoms with van der Waals surface area (Å²) in [6, 6.07) is 22.0. The molecule has 4 aliphatic heterocycles. The van der Waals surface area contributed by atoms with Crippen LogP contribution in [0.5, 0.6) is 5.75 Å². The minimum Gasteiger partial charge on any atom is -0.493 e. The van der Waals surface area contributed by atoms with Gasteiger partial charge in [0.25, 0.3) is 5.91 Å². The second-order valence-electron chi connectivity index (χ2n) is 10.2. The van der Waals surface area contributed by atoms with Crippen LogP contribution in [0.2, 0.25) is 0 Å². The van der Waals surface area contributed by atoms with Crippen molar-refractivity contribution in [3.05, 3.63) is 89.5 Å². The van der Waals surface area contributed by atoms with E-state index in [0.29, 0.717) is 41.4 Å². The van der Waals surface area contributed by atoms with Crippen LogP contribution in [-0.4, -0.2) is 41.7 Å². The summed E-state index contributed by atoms with van der Waals surface area (Å²) in [5, 5.41) is 6.15. The van der Waals surface area contributed by atoms with Crippen molar-refractivity contribution in [3.8, 4) is 5.75 Å².